The van der Waals surface area contributed by atoms with E-state index >= 15 is 0 Å². The van der Waals surface area contributed by atoms with Crippen molar-refractivity contribution in [3.8, 4) is 17.0 Å². The summed E-state index contributed by atoms with van der Waals surface area (Å²) in [6.07, 6.45) is 2.63. The van der Waals surface area contributed by atoms with Crippen molar-refractivity contribution in [3.05, 3.63) is 49.8 Å². The molecule has 1 aromatic carbocycles. The number of nitrogens with zero attached hydrogens (tertiary/aromatic N) is 2. The number of hydrogen-bond acceptors (Lipinski definition) is 3. The first-order valence-electron chi connectivity index (χ1n) is 6.35. The Labute approximate surface area is 125 Å². The van der Waals surface area contributed by atoms with Crippen molar-refractivity contribution in [2.75, 3.05) is 0 Å². The Morgan fingerprint density at radius 1 is 1.30 bits per heavy atom. The number of pyridine rings is 1. The average Bonchev–Trinajstić information content (AvgIpc) is 2.51. The molecule has 2 aliphatic rings. The van der Waals surface area contributed by atoms with E-state index in [2.05, 4.69) is 3.15 Å². The third kappa shape index (κ3) is 1.56. The van der Waals surface area contributed by atoms with Gasteiger partial charge in [0.25, 0.3) is 5.56 Å². The number of hydrogen-bond donors (Lipinski definition) is 1. The van der Waals surface area contributed by atoms with Crippen LogP contribution in [-0.2, 0) is 13.0 Å². The number of rotatable bonds is 0. The zero-order chi connectivity index (χ0) is 13.7. The van der Waals surface area contributed by atoms with Crippen LogP contribution in [-0.4, -0.2) is 9.67 Å². The van der Waals surface area contributed by atoms with E-state index < -0.39 is 21.0 Å². The molecule has 0 atom stereocenters. The van der Waals surface area contributed by atoms with Gasteiger partial charge >= 0.3 is 0 Å². The van der Waals surface area contributed by atoms with Gasteiger partial charge < -0.3 is 9.67 Å². The Morgan fingerprint density at radius 2 is 2.15 bits per heavy atom. The maximum atomic E-state index is 12.6. The van der Waals surface area contributed by atoms with Crippen molar-refractivity contribution < 1.29 is 5.11 Å². The minimum atomic E-state index is -0.450. The number of halogens is 1. The lowest BCUT2D eigenvalue weighted by atomic mass is 9.95. The van der Waals surface area contributed by atoms with E-state index in [1.807, 2.05) is 34.4 Å². The molecule has 0 aliphatic carbocycles. The van der Waals surface area contributed by atoms with Crippen molar-refractivity contribution in [2.45, 2.75) is 13.0 Å². The molecule has 3 heterocycles. The van der Waals surface area contributed by atoms with Crippen LogP contribution in [0, 0.1) is 0 Å². The minimum Gasteiger partial charge on any atom is -0.504 e. The standard InChI is InChI=1S/C15H11IN2O2/c19-14-12-11(5-7-16-17-12)15(20)18-8-6-9-3-1-2-4-10(9)13(14)18/h1-5,7,19H,6,8H2. The van der Waals surface area contributed by atoms with E-state index in [1.54, 1.807) is 4.57 Å². The first kappa shape index (κ1) is 12.0. The van der Waals surface area contributed by atoms with E-state index in [1.165, 1.54) is 5.56 Å². The summed E-state index contributed by atoms with van der Waals surface area (Å²) in [5.41, 5.74) is 3.69. The third-order valence-electron chi connectivity index (χ3n) is 3.75. The smallest absolute Gasteiger partial charge is 0.260 e. The second-order valence-corrected chi connectivity index (χ2v) is 6.56. The molecular formula is C15H11IN2O2. The van der Waals surface area contributed by atoms with Crippen molar-refractivity contribution in [1.29, 1.82) is 0 Å². The molecule has 0 fully saturated rings. The second-order valence-electron chi connectivity index (χ2n) is 4.80. The van der Waals surface area contributed by atoms with Crippen LogP contribution in [0.3, 0.4) is 0 Å². The minimum absolute atomic E-state index is 0.0500. The van der Waals surface area contributed by atoms with Gasteiger partial charge in [0.05, 0.1) is 11.3 Å². The van der Waals surface area contributed by atoms with Gasteiger partial charge in [0.1, 0.15) is 5.69 Å². The highest BCUT2D eigenvalue weighted by molar-refractivity contribution is 14.2. The Hall–Kier alpha value is -1.76. The lowest BCUT2D eigenvalue weighted by Gasteiger charge is -2.24. The van der Waals surface area contributed by atoms with Crippen molar-refractivity contribution in [2.24, 2.45) is 3.15 Å². The van der Waals surface area contributed by atoms with Gasteiger partial charge in [-0.2, -0.15) is 0 Å². The number of aromatic hydroxyl groups is 1. The molecule has 1 N–H and O–H groups in total. The summed E-state index contributed by atoms with van der Waals surface area (Å²) >= 11 is -0.450. The van der Waals surface area contributed by atoms with Gasteiger partial charge in [-0.05, 0) is 22.1 Å². The number of fused-ring (bicyclic) bond motifs is 4. The molecule has 1 aromatic heterocycles. The average molecular weight is 378 g/mol. The summed E-state index contributed by atoms with van der Waals surface area (Å²) < 4.78 is 8.03. The van der Waals surface area contributed by atoms with Crippen molar-refractivity contribution in [3.63, 3.8) is 0 Å². The number of benzene rings is 1. The zero-order valence-corrected chi connectivity index (χ0v) is 12.7. The second kappa shape index (κ2) is 4.37. The molecule has 4 nitrogen and oxygen atoms in total. The summed E-state index contributed by atoms with van der Waals surface area (Å²) in [4.78, 5) is 12.6. The van der Waals surface area contributed by atoms with Gasteiger partial charge in [-0.3, -0.25) is 4.79 Å². The quantitative estimate of drug-likeness (QED) is 0.713. The van der Waals surface area contributed by atoms with E-state index in [4.69, 9.17) is 0 Å². The Balaban J connectivity index is 2.15. The topological polar surface area (TPSA) is 54.6 Å². The first-order chi connectivity index (χ1) is 9.77. The highest BCUT2D eigenvalue weighted by Gasteiger charge is 2.26. The monoisotopic (exact) mass is 378 g/mol. The lowest BCUT2D eigenvalue weighted by Crippen LogP contribution is -2.28. The maximum Gasteiger partial charge on any atom is 0.260 e. The number of aryl methyl sites for hydroxylation is 1. The van der Waals surface area contributed by atoms with Crippen LogP contribution in [0.2, 0.25) is 0 Å². The fourth-order valence-corrected chi connectivity index (χ4v) is 4.26. The summed E-state index contributed by atoms with van der Waals surface area (Å²) in [7, 11) is 0. The maximum absolute atomic E-state index is 12.6. The molecule has 0 saturated carbocycles. The highest BCUT2D eigenvalue weighted by atomic mass is 127. The van der Waals surface area contributed by atoms with E-state index in [0.29, 0.717) is 23.5 Å². The van der Waals surface area contributed by atoms with Gasteiger partial charge in [-0.25, -0.2) is 3.15 Å². The molecule has 0 bridgehead atoms. The lowest BCUT2D eigenvalue weighted by molar-refractivity contribution is 0.467. The molecule has 0 spiro atoms. The van der Waals surface area contributed by atoms with Gasteiger partial charge in [0.15, 0.2) is 5.75 Å². The van der Waals surface area contributed by atoms with Crippen LogP contribution in [0.15, 0.2) is 36.3 Å². The summed E-state index contributed by atoms with van der Waals surface area (Å²) in [6, 6.07) is 7.92. The molecule has 2 aliphatic heterocycles. The third-order valence-corrected chi connectivity index (χ3v) is 5.19. The van der Waals surface area contributed by atoms with Gasteiger partial charge in [0, 0.05) is 33.1 Å². The first-order valence-corrected chi connectivity index (χ1v) is 8.57. The molecule has 0 unspecified atom stereocenters. The van der Waals surface area contributed by atoms with Crippen molar-refractivity contribution >= 4 is 32.8 Å². The predicted molar refractivity (Wildman–Crippen MR) is 86.6 cm³/mol. The highest BCUT2D eigenvalue weighted by Crippen LogP contribution is 2.44. The van der Waals surface area contributed by atoms with Gasteiger partial charge in [-0.15, -0.1) is 0 Å². The van der Waals surface area contributed by atoms with Gasteiger partial charge in [-0.1, -0.05) is 24.3 Å². The molecule has 0 saturated heterocycles. The molecule has 5 heteroatoms. The number of aromatic nitrogens is 1. The van der Waals surface area contributed by atoms with Crippen LogP contribution >= 0.6 is 21.0 Å². The molecular weight excluding hydrogens is 367 g/mol. The molecule has 100 valence electrons. The normalized spacial score (nSPS) is 15.0. The van der Waals surface area contributed by atoms with Crippen molar-refractivity contribution in [1.82, 2.24) is 4.57 Å². The van der Waals surface area contributed by atoms with Crippen LogP contribution in [0.1, 0.15) is 11.1 Å². The molecule has 2 aromatic rings. The molecule has 0 amide bonds. The summed E-state index contributed by atoms with van der Waals surface area (Å²) in [5.74, 6) is 0.149. The van der Waals surface area contributed by atoms with Crippen LogP contribution in [0.5, 0.6) is 5.75 Å². The molecule has 4 rings (SSSR count). The van der Waals surface area contributed by atoms with Gasteiger partial charge in [0.2, 0.25) is 0 Å². The fourth-order valence-electron chi connectivity index (χ4n) is 2.81. The van der Waals surface area contributed by atoms with Crippen LogP contribution in [0.4, 0.5) is 5.69 Å². The van der Waals surface area contributed by atoms with E-state index in [-0.39, 0.29) is 11.3 Å². The Bertz CT molecular complexity index is 850. The SMILES string of the molecule is O=c1c2c(c(O)c3n1CCc1ccccc1-3)N=IC=C2. The summed E-state index contributed by atoms with van der Waals surface area (Å²) in [5, 5.41) is 10.6. The summed E-state index contributed by atoms with van der Waals surface area (Å²) in [6.45, 7) is 0.606. The van der Waals surface area contributed by atoms with E-state index in [9.17, 15) is 9.90 Å². The molecule has 20 heavy (non-hydrogen) atoms. The Kier molecular flexibility index (Phi) is 2.63. The van der Waals surface area contributed by atoms with Crippen LogP contribution in [0.25, 0.3) is 17.3 Å². The molecule has 0 radical (unpaired) electrons. The Morgan fingerprint density at radius 3 is 3.05 bits per heavy atom. The van der Waals surface area contributed by atoms with Crippen LogP contribution < -0.4 is 5.56 Å². The largest absolute Gasteiger partial charge is 0.504 e. The zero-order valence-electron chi connectivity index (χ0n) is 10.5. The fraction of sp³-hybridized carbons (Fsp3) is 0.133. The predicted octanol–water partition coefficient (Wildman–Crippen LogP) is 3.55. The van der Waals surface area contributed by atoms with E-state index in [0.717, 1.165) is 12.0 Å².